The zero-order valence-corrected chi connectivity index (χ0v) is 10.8. The van der Waals surface area contributed by atoms with Crippen molar-refractivity contribution in [3.05, 3.63) is 50.0 Å². The summed E-state index contributed by atoms with van der Waals surface area (Å²) in [4.78, 5) is 25.2. The molecule has 6 nitrogen and oxygen atoms in total. The van der Waals surface area contributed by atoms with Gasteiger partial charge in [-0.2, -0.15) is 0 Å². The molecule has 19 heavy (non-hydrogen) atoms. The minimum atomic E-state index is -0.555. The number of aryl methyl sites for hydroxylation is 1. The molecule has 0 aliphatic heterocycles. The van der Waals surface area contributed by atoms with Crippen LogP contribution in [0.5, 0.6) is 5.75 Å². The minimum absolute atomic E-state index is 0.140. The van der Waals surface area contributed by atoms with Crippen molar-refractivity contribution >= 4 is 23.3 Å². The van der Waals surface area contributed by atoms with E-state index >= 15 is 0 Å². The first-order chi connectivity index (χ1) is 9.10. The van der Waals surface area contributed by atoms with Crippen LogP contribution in [0.3, 0.4) is 0 Å². The van der Waals surface area contributed by atoms with Gasteiger partial charge >= 0.3 is 0 Å². The number of non-ortho nitro benzene ring substituents is 1. The largest absolute Gasteiger partial charge is 0.487 e. The summed E-state index contributed by atoms with van der Waals surface area (Å²) < 4.78 is 5.45. The van der Waals surface area contributed by atoms with Crippen LogP contribution >= 0.6 is 11.3 Å². The van der Waals surface area contributed by atoms with Crippen LogP contribution in [0.1, 0.15) is 21.1 Å². The highest BCUT2D eigenvalue weighted by molar-refractivity contribution is 7.09. The van der Waals surface area contributed by atoms with Crippen LogP contribution in [0, 0.1) is 17.0 Å². The van der Waals surface area contributed by atoms with Crippen molar-refractivity contribution in [3.8, 4) is 5.75 Å². The summed E-state index contributed by atoms with van der Waals surface area (Å²) in [6, 6.07) is 3.91. The number of aromatic nitrogens is 1. The van der Waals surface area contributed by atoms with Gasteiger partial charge in [0.15, 0.2) is 6.29 Å². The van der Waals surface area contributed by atoms with Gasteiger partial charge in [0.05, 0.1) is 21.2 Å². The topological polar surface area (TPSA) is 82.3 Å². The number of ether oxygens (including phenoxy) is 1. The van der Waals surface area contributed by atoms with Crippen molar-refractivity contribution in [3.63, 3.8) is 0 Å². The van der Waals surface area contributed by atoms with E-state index in [2.05, 4.69) is 4.98 Å². The van der Waals surface area contributed by atoms with Gasteiger partial charge in [-0.1, -0.05) is 0 Å². The second-order valence-electron chi connectivity index (χ2n) is 3.74. The molecule has 1 heterocycles. The van der Waals surface area contributed by atoms with Crippen LogP contribution in [-0.2, 0) is 6.61 Å². The third kappa shape index (κ3) is 3.14. The van der Waals surface area contributed by atoms with Gasteiger partial charge in [-0.05, 0) is 13.0 Å². The summed E-state index contributed by atoms with van der Waals surface area (Å²) in [7, 11) is 0. The maximum absolute atomic E-state index is 10.9. The van der Waals surface area contributed by atoms with Gasteiger partial charge in [0, 0.05) is 17.5 Å². The van der Waals surface area contributed by atoms with Crippen LogP contribution in [0.4, 0.5) is 5.69 Å². The highest BCUT2D eigenvalue weighted by Gasteiger charge is 2.11. The molecule has 0 aliphatic rings. The number of nitro groups is 1. The molecule has 0 spiro atoms. The fourth-order valence-electron chi connectivity index (χ4n) is 1.50. The number of hydrogen-bond donors (Lipinski definition) is 0. The third-order valence-corrected chi connectivity index (χ3v) is 3.20. The Kier molecular flexibility index (Phi) is 3.86. The average Bonchev–Trinajstić information content (AvgIpc) is 2.81. The molecule has 1 aromatic heterocycles. The molecule has 98 valence electrons. The van der Waals surface area contributed by atoms with E-state index in [1.807, 2.05) is 12.3 Å². The molecule has 0 radical (unpaired) electrons. The number of carbonyl (C=O) groups is 1. The third-order valence-electron chi connectivity index (χ3n) is 2.37. The van der Waals surface area contributed by atoms with Gasteiger partial charge < -0.3 is 4.74 Å². The van der Waals surface area contributed by atoms with Crippen LogP contribution in [0.15, 0.2) is 23.6 Å². The average molecular weight is 278 g/mol. The molecule has 0 N–H and O–H groups in total. The van der Waals surface area contributed by atoms with Gasteiger partial charge in [-0.25, -0.2) is 4.98 Å². The molecule has 0 unspecified atom stereocenters. The quantitative estimate of drug-likeness (QED) is 0.477. The van der Waals surface area contributed by atoms with Gasteiger partial charge in [-0.15, -0.1) is 11.3 Å². The first-order valence-corrected chi connectivity index (χ1v) is 6.25. The molecule has 7 heteroatoms. The summed E-state index contributed by atoms with van der Waals surface area (Å²) in [5, 5.41) is 13.4. The summed E-state index contributed by atoms with van der Waals surface area (Å²) in [5.74, 6) is 0.311. The minimum Gasteiger partial charge on any atom is -0.487 e. The SMILES string of the molecule is Cc1nc(COc2ccc([N+](=O)[O-])cc2C=O)cs1. The fourth-order valence-corrected chi connectivity index (χ4v) is 2.10. The molecule has 0 bridgehead atoms. The fraction of sp³-hybridized carbons (Fsp3) is 0.167. The highest BCUT2D eigenvalue weighted by atomic mass is 32.1. The molecular weight excluding hydrogens is 268 g/mol. The van der Waals surface area contributed by atoms with Gasteiger partial charge in [0.2, 0.25) is 0 Å². The van der Waals surface area contributed by atoms with Crippen LogP contribution in [-0.4, -0.2) is 16.2 Å². The smallest absolute Gasteiger partial charge is 0.270 e. The lowest BCUT2D eigenvalue weighted by atomic mass is 10.2. The van der Waals surface area contributed by atoms with E-state index in [4.69, 9.17) is 4.74 Å². The van der Waals surface area contributed by atoms with Crippen molar-refractivity contribution < 1.29 is 14.5 Å². The van der Waals surface area contributed by atoms with Crippen molar-refractivity contribution in [1.29, 1.82) is 0 Å². The van der Waals surface area contributed by atoms with E-state index in [1.165, 1.54) is 29.5 Å². The van der Waals surface area contributed by atoms with Gasteiger partial charge in [-0.3, -0.25) is 14.9 Å². The van der Waals surface area contributed by atoms with Crippen molar-refractivity contribution in [2.75, 3.05) is 0 Å². The molecule has 1 aromatic carbocycles. The molecule has 0 aliphatic carbocycles. The Bertz CT molecular complexity index is 624. The van der Waals surface area contributed by atoms with E-state index in [9.17, 15) is 14.9 Å². The second kappa shape index (κ2) is 5.57. The summed E-state index contributed by atoms with van der Waals surface area (Å²) in [5.41, 5.74) is 0.776. The summed E-state index contributed by atoms with van der Waals surface area (Å²) in [6.45, 7) is 2.11. The number of thiazole rings is 1. The second-order valence-corrected chi connectivity index (χ2v) is 4.81. The lowest BCUT2D eigenvalue weighted by Crippen LogP contribution is -1.99. The summed E-state index contributed by atoms with van der Waals surface area (Å²) >= 11 is 1.51. The molecule has 0 amide bonds. The van der Waals surface area contributed by atoms with Crippen molar-refractivity contribution in [2.45, 2.75) is 13.5 Å². The maximum Gasteiger partial charge on any atom is 0.270 e. The van der Waals surface area contributed by atoms with Crippen LogP contribution in [0.25, 0.3) is 0 Å². The first-order valence-electron chi connectivity index (χ1n) is 5.37. The molecule has 0 atom stereocenters. The molecule has 0 saturated heterocycles. The zero-order valence-electron chi connectivity index (χ0n) is 10.0. The van der Waals surface area contributed by atoms with E-state index in [0.29, 0.717) is 12.0 Å². The Balaban J connectivity index is 2.15. The number of aldehydes is 1. The number of rotatable bonds is 5. The van der Waals surface area contributed by atoms with E-state index < -0.39 is 4.92 Å². The molecule has 2 aromatic rings. The van der Waals surface area contributed by atoms with E-state index in [0.717, 1.165) is 10.7 Å². The summed E-state index contributed by atoms with van der Waals surface area (Å²) in [6.07, 6.45) is 0.536. The molecular formula is C12H10N2O4S. The Morgan fingerprint density at radius 3 is 2.89 bits per heavy atom. The van der Waals surface area contributed by atoms with E-state index in [-0.39, 0.29) is 17.9 Å². The number of nitrogens with zero attached hydrogens (tertiary/aromatic N) is 2. The standard InChI is InChI=1S/C12H10N2O4S/c1-8-13-10(7-19-8)6-18-12-3-2-11(14(16)17)4-9(12)5-15/h2-5,7H,6H2,1H3. The maximum atomic E-state index is 10.9. The Hall–Kier alpha value is -2.28. The first kappa shape index (κ1) is 13.2. The Labute approximate surface area is 112 Å². The lowest BCUT2D eigenvalue weighted by molar-refractivity contribution is -0.384. The van der Waals surface area contributed by atoms with E-state index in [1.54, 1.807) is 0 Å². The predicted octanol–water partition coefficient (Wildman–Crippen LogP) is 2.75. The monoisotopic (exact) mass is 278 g/mol. The van der Waals surface area contributed by atoms with Gasteiger partial charge in [0.25, 0.3) is 5.69 Å². The number of carbonyl (C=O) groups excluding carboxylic acids is 1. The number of benzene rings is 1. The number of hydrogen-bond acceptors (Lipinski definition) is 6. The molecule has 0 saturated carbocycles. The Morgan fingerprint density at radius 1 is 1.53 bits per heavy atom. The lowest BCUT2D eigenvalue weighted by Gasteiger charge is -2.06. The van der Waals surface area contributed by atoms with Crippen LogP contribution in [0.2, 0.25) is 0 Å². The van der Waals surface area contributed by atoms with Crippen LogP contribution < -0.4 is 4.74 Å². The molecule has 2 rings (SSSR count). The predicted molar refractivity (Wildman–Crippen MR) is 69.7 cm³/mol. The Morgan fingerprint density at radius 2 is 2.32 bits per heavy atom. The van der Waals surface area contributed by atoms with Crippen molar-refractivity contribution in [1.82, 2.24) is 4.98 Å². The normalized spacial score (nSPS) is 10.2. The van der Waals surface area contributed by atoms with Crippen molar-refractivity contribution in [2.24, 2.45) is 0 Å². The molecule has 0 fully saturated rings. The van der Waals surface area contributed by atoms with Gasteiger partial charge in [0.1, 0.15) is 12.4 Å². The number of nitro benzene ring substituents is 1. The zero-order chi connectivity index (χ0) is 13.8. The highest BCUT2D eigenvalue weighted by Crippen LogP contribution is 2.23.